The van der Waals surface area contributed by atoms with Gasteiger partial charge in [-0.05, 0) is 12.1 Å². The fraction of sp³-hybridized carbons (Fsp3) is 0. The summed E-state index contributed by atoms with van der Waals surface area (Å²) in [5, 5.41) is 18.4. The van der Waals surface area contributed by atoms with Crippen LogP contribution in [0.15, 0.2) is 18.3 Å². The first-order chi connectivity index (χ1) is 6.58. The largest absolute Gasteiger partial charge is 0.235 e. The standard InChI is InChI=1S/C5H5N5O4/c11-9(12)7-4-1-2-5(6-3-4)8-10(13)14/h1-3,7H,(H,6,8). The lowest BCUT2D eigenvalue weighted by Crippen LogP contribution is -2.11. The summed E-state index contributed by atoms with van der Waals surface area (Å²) in [4.78, 5) is 23.5. The number of aromatic nitrogens is 1. The molecule has 9 heteroatoms. The second-order valence-electron chi connectivity index (χ2n) is 2.17. The maximum absolute atomic E-state index is 9.97. The summed E-state index contributed by atoms with van der Waals surface area (Å²) < 4.78 is 0. The second kappa shape index (κ2) is 3.98. The number of hydrogen-bond acceptors (Lipinski definition) is 5. The number of anilines is 2. The maximum Gasteiger partial charge on any atom is 0.190 e. The zero-order valence-electron chi connectivity index (χ0n) is 6.71. The van der Waals surface area contributed by atoms with Gasteiger partial charge in [-0.1, -0.05) is 5.43 Å². The van der Waals surface area contributed by atoms with E-state index in [2.05, 4.69) is 4.98 Å². The van der Waals surface area contributed by atoms with E-state index in [0.29, 0.717) is 0 Å². The lowest BCUT2D eigenvalue weighted by molar-refractivity contribution is -0.446. The SMILES string of the molecule is O=[N+]([O-])Nc1ccc(N[N+](=O)[O-])nc1. The fourth-order valence-electron chi connectivity index (χ4n) is 0.725. The molecule has 0 atom stereocenters. The Morgan fingerprint density at radius 1 is 1.14 bits per heavy atom. The van der Waals surface area contributed by atoms with Gasteiger partial charge in [-0.15, -0.1) is 5.43 Å². The van der Waals surface area contributed by atoms with Crippen LogP contribution in [0.1, 0.15) is 0 Å². The summed E-state index contributed by atoms with van der Waals surface area (Å²) in [6.07, 6.45) is 1.11. The molecule has 0 saturated carbocycles. The molecule has 0 bridgehead atoms. The molecule has 0 aliphatic heterocycles. The van der Waals surface area contributed by atoms with E-state index >= 15 is 0 Å². The molecule has 0 aliphatic carbocycles. The van der Waals surface area contributed by atoms with Crippen molar-refractivity contribution >= 4 is 11.5 Å². The third kappa shape index (κ3) is 2.89. The number of nitrogens with zero attached hydrogens (tertiary/aromatic N) is 3. The van der Waals surface area contributed by atoms with Crippen LogP contribution < -0.4 is 10.9 Å². The molecule has 74 valence electrons. The van der Waals surface area contributed by atoms with Gasteiger partial charge in [-0.2, -0.15) is 0 Å². The van der Waals surface area contributed by atoms with Crippen LogP contribution in [0.5, 0.6) is 0 Å². The van der Waals surface area contributed by atoms with E-state index in [9.17, 15) is 20.2 Å². The van der Waals surface area contributed by atoms with Crippen molar-refractivity contribution in [2.45, 2.75) is 0 Å². The van der Waals surface area contributed by atoms with Crippen LogP contribution in [0.2, 0.25) is 0 Å². The van der Waals surface area contributed by atoms with Gasteiger partial charge in [0.25, 0.3) is 0 Å². The van der Waals surface area contributed by atoms with Crippen molar-refractivity contribution in [2.75, 3.05) is 10.9 Å². The van der Waals surface area contributed by atoms with Gasteiger partial charge < -0.3 is 0 Å². The summed E-state index contributed by atoms with van der Waals surface area (Å²) in [6.45, 7) is 0. The monoisotopic (exact) mass is 199 g/mol. The average Bonchev–Trinajstić information content (AvgIpc) is 2.06. The molecule has 1 heterocycles. The van der Waals surface area contributed by atoms with E-state index in [1.54, 1.807) is 5.43 Å². The van der Waals surface area contributed by atoms with Crippen molar-refractivity contribution in [2.24, 2.45) is 0 Å². The van der Waals surface area contributed by atoms with Crippen LogP contribution in [-0.4, -0.2) is 15.0 Å². The number of hydrogen-bond donors (Lipinski definition) is 2. The lowest BCUT2D eigenvalue weighted by Gasteiger charge is -1.97. The van der Waals surface area contributed by atoms with Crippen LogP contribution in [0.4, 0.5) is 11.5 Å². The summed E-state index contributed by atoms with van der Waals surface area (Å²) in [7, 11) is 0. The van der Waals surface area contributed by atoms with Crippen LogP contribution in [0.3, 0.4) is 0 Å². The van der Waals surface area contributed by atoms with E-state index < -0.39 is 10.1 Å². The maximum atomic E-state index is 9.97. The predicted molar refractivity (Wildman–Crippen MR) is 45.5 cm³/mol. The molecule has 0 radical (unpaired) electrons. The van der Waals surface area contributed by atoms with Crippen molar-refractivity contribution in [1.82, 2.24) is 4.98 Å². The van der Waals surface area contributed by atoms with Crippen molar-refractivity contribution in [1.29, 1.82) is 0 Å². The first kappa shape index (κ1) is 9.64. The lowest BCUT2D eigenvalue weighted by atomic mass is 10.4. The molecule has 0 saturated heterocycles. The first-order valence-electron chi connectivity index (χ1n) is 3.36. The molecule has 0 spiro atoms. The Morgan fingerprint density at radius 2 is 1.79 bits per heavy atom. The first-order valence-corrected chi connectivity index (χ1v) is 3.36. The number of rotatable bonds is 4. The third-order valence-electron chi connectivity index (χ3n) is 1.19. The molecule has 1 aromatic rings. The van der Waals surface area contributed by atoms with Crippen molar-refractivity contribution in [3.8, 4) is 0 Å². The van der Waals surface area contributed by atoms with Gasteiger partial charge in [0.1, 0.15) is 5.69 Å². The van der Waals surface area contributed by atoms with Gasteiger partial charge in [0, 0.05) is 0 Å². The van der Waals surface area contributed by atoms with E-state index in [4.69, 9.17) is 0 Å². The van der Waals surface area contributed by atoms with Crippen molar-refractivity contribution < 1.29 is 10.1 Å². The molecular weight excluding hydrogens is 194 g/mol. The van der Waals surface area contributed by atoms with Crippen LogP contribution in [-0.2, 0) is 0 Å². The molecule has 0 aromatic carbocycles. The van der Waals surface area contributed by atoms with Gasteiger partial charge in [0.15, 0.2) is 15.9 Å². The minimum Gasteiger partial charge on any atom is -0.235 e. The topological polar surface area (TPSA) is 123 Å². The molecule has 0 aliphatic rings. The van der Waals surface area contributed by atoms with Gasteiger partial charge in [-0.3, -0.25) is 0 Å². The zero-order chi connectivity index (χ0) is 10.6. The average molecular weight is 199 g/mol. The number of hydrazine groups is 2. The van der Waals surface area contributed by atoms with E-state index in [0.717, 1.165) is 6.20 Å². The van der Waals surface area contributed by atoms with Crippen LogP contribution >= 0.6 is 0 Å². The van der Waals surface area contributed by atoms with Gasteiger partial charge >= 0.3 is 0 Å². The van der Waals surface area contributed by atoms with Gasteiger partial charge in [0.2, 0.25) is 0 Å². The number of nitrogens with one attached hydrogen (secondary N) is 2. The highest BCUT2D eigenvalue weighted by atomic mass is 16.7. The Hall–Kier alpha value is -2.45. The van der Waals surface area contributed by atoms with Gasteiger partial charge in [0.05, 0.1) is 6.20 Å². The molecule has 0 unspecified atom stereocenters. The van der Waals surface area contributed by atoms with Crippen molar-refractivity contribution in [3.05, 3.63) is 38.6 Å². The molecule has 0 fully saturated rings. The van der Waals surface area contributed by atoms with E-state index in [1.165, 1.54) is 12.1 Å². The predicted octanol–water partition coefficient (Wildman–Crippen LogP) is 0.289. The minimum atomic E-state index is -0.775. The molecular formula is C5H5N5O4. The quantitative estimate of drug-likeness (QED) is 0.527. The second-order valence-corrected chi connectivity index (χ2v) is 2.17. The Bertz CT molecular complexity index is 315. The minimum absolute atomic E-state index is 0.00361. The fourth-order valence-corrected chi connectivity index (χ4v) is 0.725. The Labute approximate surface area is 77.0 Å². The summed E-state index contributed by atoms with van der Waals surface area (Å²) in [5.41, 5.74) is 3.79. The molecule has 2 N–H and O–H groups in total. The van der Waals surface area contributed by atoms with E-state index in [-0.39, 0.29) is 11.5 Å². The summed E-state index contributed by atoms with van der Waals surface area (Å²) in [6, 6.07) is 2.54. The Morgan fingerprint density at radius 3 is 2.21 bits per heavy atom. The Kier molecular flexibility index (Phi) is 2.74. The zero-order valence-corrected chi connectivity index (χ0v) is 6.71. The molecule has 1 rings (SSSR count). The van der Waals surface area contributed by atoms with E-state index in [1.807, 2.05) is 5.43 Å². The summed E-state index contributed by atoms with van der Waals surface area (Å²) in [5.74, 6) is 0.00361. The van der Waals surface area contributed by atoms with Crippen molar-refractivity contribution in [3.63, 3.8) is 0 Å². The third-order valence-corrected chi connectivity index (χ3v) is 1.19. The Balaban J connectivity index is 2.68. The normalized spacial score (nSPS) is 9.14. The molecule has 0 amide bonds. The van der Waals surface area contributed by atoms with Crippen LogP contribution in [0.25, 0.3) is 0 Å². The molecule has 1 aromatic heterocycles. The smallest absolute Gasteiger partial charge is 0.190 e. The highest BCUT2D eigenvalue weighted by Gasteiger charge is 2.02. The highest BCUT2D eigenvalue weighted by Crippen LogP contribution is 2.08. The highest BCUT2D eigenvalue weighted by molar-refractivity contribution is 5.44. The van der Waals surface area contributed by atoms with Gasteiger partial charge in [-0.25, -0.2) is 25.2 Å². The van der Waals surface area contributed by atoms with Crippen LogP contribution in [0, 0.1) is 20.2 Å². The molecule has 14 heavy (non-hydrogen) atoms. The number of pyridine rings is 1. The molecule has 9 nitrogen and oxygen atoms in total. The summed E-state index contributed by atoms with van der Waals surface area (Å²) >= 11 is 0. The number of nitro groups is 2.